The lowest BCUT2D eigenvalue weighted by Gasteiger charge is -2.08. The van der Waals surface area contributed by atoms with Crippen LogP contribution in [0, 0.1) is 5.82 Å². The van der Waals surface area contributed by atoms with E-state index in [0.29, 0.717) is 24.2 Å². The number of rotatable bonds is 8. The molecule has 0 saturated carbocycles. The zero-order valence-corrected chi connectivity index (χ0v) is 16.9. The predicted molar refractivity (Wildman–Crippen MR) is 117 cm³/mol. The average molecular weight is 424 g/mol. The van der Waals surface area contributed by atoms with Gasteiger partial charge in [-0.25, -0.2) is 12.8 Å². The number of hydrogen-bond donors (Lipinski definition) is 2. The van der Waals surface area contributed by atoms with E-state index in [0.717, 1.165) is 16.5 Å². The third kappa shape index (κ3) is 6.56. The van der Waals surface area contributed by atoms with Crippen LogP contribution in [0.3, 0.4) is 0 Å². The summed E-state index contributed by atoms with van der Waals surface area (Å²) >= 11 is 0. The molecule has 3 aromatic carbocycles. The van der Waals surface area contributed by atoms with Crippen molar-refractivity contribution in [2.24, 2.45) is 0 Å². The summed E-state index contributed by atoms with van der Waals surface area (Å²) < 4.78 is 39.7. The van der Waals surface area contributed by atoms with Crippen molar-refractivity contribution in [2.45, 2.75) is 6.42 Å². The van der Waals surface area contributed by atoms with E-state index in [1.165, 1.54) is 30.3 Å². The molecule has 0 heterocycles. The number of amides is 1. The Morgan fingerprint density at radius 3 is 2.23 bits per heavy atom. The molecule has 0 spiro atoms. The van der Waals surface area contributed by atoms with Crippen LogP contribution in [0.25, 0.3) is 6.08 Å². The monoisotopic (exact) mass is 424 g/mol. The maximum Gasteiger partial charge on any atom is 0.255 e. The van der Waals surface area contributed by atoms with E-state index in [9.17, 15) is 17.6 Å². The Labute approximate surface area is 175 Å². The number of nitrogens with one attached hydrogen (secondary N) is 2. The van der Waals surface area contributed by atoms with Gasteiger partial charge in [-0.2, -0.15) is 0 Å². The van der Waals surface area contributed by atoms with Crippen molar-refractivity contribution < 1.29 is 17.6 Å². The fourth-order valence-corrected chi connectivity index (χ4v) is 3.56. The highest BCUT2D eigenvalue weighted by atomic mass is 32.2. The quantitative estimate of drug-likeness (QED) is 0.569. The number of carbonyl (C=O) groups excluding carboxylic acids is 1. The Morgan fingerprint density at radius 1 is 0.900 bits per heavy atom. The van der Waals surface area contributed by atoms with Gasteiger partial charge in [0.25, 0.3) is 15.9 Å². The third-order valence-corrected chi connectivity index (χ3v) is 5.27. The van der Waals surface area contributed by atoms with E-state index in [2.05, 4.69) is 10.0 Å². The van der Waals surface area contributed by atoms with Gasteiger partial charge in [0.05, 0.1) is 5.41 Å². The molecule has 3 aromatic rings. The Balaban J connectivity index is 1.52. The summed E-state index contributed by atoms with van der Waals surface area (Å²) in [4.78, 5) is 12.2. The molecule has 0 radical (unpaired) electrons. The highest BCUT2D eigenvalue weighted by molar-refractivity contribution is 7.95. The van der Waals surface area contributed by atoms with Crippen LogP contribution in [-0.4, -0.2) is 20.9 Å². The zero-order chi connectivity index (χ0) is 21.4. The van der Waals surface area contributed by atoms with E-state index in [-0.39, 0.29) is 11.7 Å². The fourth-order valence-electron chi connectivity index (χ4n) is 2.69. The van der Waals surface area contributed by atoms with Gasteiger partial charge in [0, 0.05) is 17.8 Å². The summed E-state index contributed by atoms with van der Waals surface area (Å²) in [5.41, 5.74) is 2.47. The van der Waals surface area contributed by atoms with Crippen LogP contribution in [-0.2, 0) is 16.4 Å². The number of carbonyl (C=O) groups is 1. The van der Waals surface area contributed by atoms with E-state index >= 15 is 0 Å². The predicted octanol–water partition coefficient (Wildman–Crippen LogP) is 4.21. The molecule has 0 unspecified atom stereocenters. The summed E-state index contributed by atoms with van der Waals surface area (Å²) in [6.07, 6.45) is 2.09. The standard InChI is InChI=1S/C23H21FN2O3S/c24-21-10-6-19(7-11-21)14-16-25-23(27)20-8-12-22(13-9-20)26-30(28,29)17-15-18-4-2-1-3-5-18/h1-13,15,17,26H,14,16H2,(H,25,27)/b17-15-. The molecule has 5 nitrogen and oxygen atoms in total. The second-order valence-electron chi connectivity index (χ2n) is 6.57. The zero-order valence-electron chi connectivity index (χ0n) is 16.1. The molecule has 0 aliphatic carbocycles. The summed E-state index contributed by atoms with van der Waals surface area (Å²) in [6, 6.07) is 21.4. The first-order valence-corrected chi connectivity index (χ1v) is 10.8. The smallest absolute Gasteiger partial charge is 0.255 e. The third-order valence-electron chi connectivity index (χ3n) is 4.26. The normalized spacial score (nSPS) is 11.4. The number of anilines is 1. The SMILES string of the molecule is O=C(NCCc1ccc(F)cc1)c1ccc(NS(=O)(=O)/C=C\c2ccccc2)cc1. The molecule has 2 N–H and O–H groups in total. The topological polar surface area (TPSA) is 75.3 Å². The average Bonchev–Trinajstić information content (AvgIpc) is 2.75. The number of benzene rings is 3. The summed E-state index contributed by atoms with van der Waals surface area (Å²) in [5.74, 6) is -0.565. The second kappa shape index (κ2) is 9.84. The Morgan fingerprint density at radius 2 is 1.57 bits per heavy atom. The van der Waals surface area contributed by atoms with Gasteiger partial charge in [-0.05, 0) is 60.0 Å². The Bertz CT molecular complexity index is 1110. The molecule has 0 fully saturated rings. The molecule has 0 saturated heterocycles. The number of hydrogen-bond acceptors (Lipinski definition) is 3. The van der Waals surface area contributed by atoms with Crippen molar-refractivity contribution in [3.8, 4) is 0 Å². The molecule has 0 bridgehead atoms. The van der Waals surface area contributed by atoms with Gasteiger partial charge in [-0.15, -0.1) is 0 Å². The van der Waals surface area contributed by atoms with Crippen molar-refractivity contribution in [1.82, 2.24) is 5.32 Å². The highest BCUT2D eigenvalue weighted by Crippen LogP contribution is 2.13. The molecule has 7 heteroatoms. The molecule has 0 aliphatic rings. The molecular weight excluding hydrogens is 403 g/mol. The first-order valence-electron chi connectivity index (χ1n) is 9.30. The van der Waals surface area contributed by atoms with Crippen molar-refractivity contribution in [2.75, 3.05) is 11.3 Å². The lowest BCUT2D eigenvalue weighted by atomic mass is 10.1. The first kappa shape index (κ1) is 21.3. The minimum absolute atomic E-state index is 0.268. The minimum Gasteiger partial charge on any atom is -0.352 e. The van der Waals surface area contributed by atoms with Gasteiger partial charge in [-0.3, -0.25) is 9.52 Å². The minimum atomic E-state index is -3.67. The molecular formula is C23H21FN2O3S. The van der Waals surface area contributed by atoms with Gasteiger partial charge in [0.1, 0.15) is 5.82 Å². The van der Waals surface area contributed by atoms with E-state index < -0.39 is 10.0 Å². The van der Waals surface area contributed by atoms with Gasteiger partial charge >= 0.3 is 0 Å². The number of halogens is 1. The van der Waals surface area contributed by atoms with Gasteiger partial charge in [-0.1, -0.05) is 42.5 Å². The fraction of sp³-hybridized carbons (Fsp3) is 0.0870. The van der Waals surface area contributed by atoms with Gasteiger partial charge in [0.15, 0.2) is 0 Å². The van der Waals surface area contributed by atoms with Crippen molar-refractivity contribution in [1.29, 1.82) is 0 Å². The second-order valence-corrected chi connectivity index (χ2v) is 8.14. The largest absolute Gasteiger partial charge is 0.352 e. The van der Waals surface area contributed by atoms with Crippen molar-refractivity contribution in [3.05, 3.63) is 107 Å². The van der Waals surface area contributed by atoms with Crippen molar-refractivity contribution in [3.63, 3.8) is 0 Å². The van der Waals surface area contributed by atoms with E-state index in [1.54, 1.807) is 36.4 Å². The molecule has 3 rings (SSSR count). The molecule has 0 atom stereocenters. The first-order chi connectivity index (χ1) is 14.4. The van der Waals surface area contributed by atoms with Crippen LogP contribution in [0.1, 0.15) is 21.5 Å². The molecule has 0 aromatic heterocycles. The summed E-state index contributed by atoms with van der Waals surface area (Å²) in [6.45, 7) is 0.406. The Hall–Kier alpha value is -3.45. The van der Waals surface area contributed by atoms with Crippen LogP contribution in [0.15, 0.2) is 84.3 Å². The summed E-state index contributed by atoms with van der Waals surface area (Å²) in [5, 5.41) is 3.88. The van der Waals surface area contributed by atoms with Crippen LogP contribution < -0.4 is 10.0 Å². The van der Waals surface area contributed by atoms with E-state index in [4.69, 9.17) is 0 Å². The molecule has 30 heavy (non-hydrogen) atoms. The van der Waals surface area contributed by atoms with Gasteiger partial charge < -0.3 is 5.32 Å². The molecule has 0 aliphatic heterocycles. The van der Waals surface area contributed by atoms with Crippen LogP contribution in [0.4, 0.5) is 10.1 Å². The van der Waals surface area contributed by atoms with Crippen LogP contribution in [0.2, 0.25) is 0 Å². The lowest BCUT2D eigenvalue weighted by molar-refractivity contribution is 0.0954. The van der Waals surface area contributed by atoms with Crippen LogP contribution in [0.5, 0.6) is 0 Å². The van der Waals surface area contributed by atoms with E-state index in [1.807, 2.05) is 18.2 Å². The number of sulfonamides is 1. The molecule has 154 valence electrons. The maximum atomic E-state index is 12.9. The Kier molecular flexibility index (Phi) is 6.98. The van der Waals surface area contributed by atoms with Crippen molar-refractivity contribution >= 4 is 27.7 Å². The van der Waals surface area contributed by atoms with Crippen LogP contribution >= 0.6 is 0 Å². The van der Waals surface area contributed by atoms with Gasteiger partial charge in [0.2, 0.25) is 0 Å². The highest BCUT2D eigenvalue weighted by Gasteiger charge is 2.08. The lowest BCUT2D eigenvalue weighted by Crippen LogP contribution is -2.25. The molecule has 1 amide bonds. The maximum absolute atomic E-state index is 12.9. The summed E-state index contributed by atoms with van der Waals surface area (Å²) in [7, 11) is -3.67.